The lowest BCUT2D eigenvalue weighted by atomic mass is 9.90. The van der Waals surface area contributed by atoms with Gasteiger partial charge < -0.3 is 29.3 Å². The number of nitrogens with zero attached hydrogens (tertiary/aromatic N) is 7. The van der Waals surface area contributed by atoms with Crippen LogP contribution in [0.3, 0.4) is 0 Å². The summed E-state index contributed by atoms with van der Waals surface area (Å²) in [6.45, 7) is 12.6. The van der Waals surface area contributed by atoms with E-state index in [0.29, 0.717) is 22.5 Å². The van der Waals surface area contributed by atoms with Crippen molar-refractivity contribution in [3.63, 3.8) is 0 Å². The summed E-state index contributed by atoms with van der Waals surface area (Å²) < 4.78 is 12.1. The smallest absolute Gasteiger partial charge is 0.363 e. The number of carbonyl (C=O) groups is 2. The molecule has 7 rings (SSSR count). The van der Waals surface area contributed by atoms with Crippen molar-refractivity contribution in [2.45, 2.75) is 40.8 Å². The Labute approximate surface area is 349 Å². The summed E-state index contributed by atoms with van der Waals surface area (Å²) in [5.74, 6) is -0.972. The molecule has 3 aromatic carbocycles. The predicted octanol–water partition coefficient (Wildman–Crippen LogP) is 6.86. The third-order valence-corrected chi connectivity index (χ3v) is 11.5. The van der Waals surface area contributed by atoms with Crippen LogP contribution in [0.5, 0.6) is 11.8 Å². The number of carbonyl (C=O) groups excluding carboxylic acids is 2. The topological polar surface area (TPSA) is 142 Å². The molecule has 0 saturated heterocycles. The number of anilines is 1. The fraction of sp³-hybridized carbons (Fsp3) is 0.250. The van der Waals surface area contributed by atoms with E-state index in [-0.39, 0.29) is 18.0 Å². The van der Waals surface area contributed by atoms with E-state index in [2.05, 4.69) is 106 Å². The highest BCUT2D eigenvalue weighted by Gasteiger charge is 2.25. The van der Waals surface area contributed by atoms with Crippen molar-refractivity contribution in [2.24, 2.45) is 0 Å². The molecule has 0 radical (unpaired) electrons. The average Bonchev–Trinajstić information content (AvgIpc) is 3.75. The SMILES string of the molecule is CCN(CC)c1ccc2c(-c3ccccc3C(=O)N(C)Cc3nnn(Cc4ccc(C(=O)On5c(O)ccc5O)cc4)c3I)c3ccc(=[N+](CC)CC)cc-3oc2c1. The average molecular weight is 895 g/mol. The van der Waals surface area contributed by atoms with Crippen molar-refractivity contribution in [1.82, 2.24) is 29.2 Å². The van der Waals surface area contributed by atoms with Crippen LogP contribution in [0, 0.1) is 3.70 Å². The Morgan fingerprint density at radius 2 is 1.57 bits per heavy atom. The molecular weight excluding hydrogens is 849 g/mol. The van der Waals surface area contributed by atoms with Gasteiger partial charge in [0.2, 0.25) is 17.1 Å². The number of aromatic nitrogens is 4. The number of aromatic hydroxyl groups is 2. The lowest BCUT2D eigenvalue weighted by Crippen LogP contribution is -2.29. The standard InChI is InChI=1S/C44H44IN7O6/c1-6-49(7-2)30-18-20-34-37(24-30)57-38-25-31(50(8-3)9-4)19-21-35(38)41(34)32-12-10-11-13-33(32)43(55)48(5)27-36-42(45)51(47-46-36)26-28-14-16-29(17-15-28)44(56)58-52-39(53)22-23-40(52)54/h10-25,55H,6-9,26-27H2,1-5H3/p+1. The van der Waals surface area contributed by atoms with Crippen LogP contribution in [0.1, 0.15) is 59.7 Å². The van der Waals surface area contributed by atoms with E-state index in [1.165, 1.54) is 12.1 Å². The number of amides is 1. The van der Waals surface area contributed by atoms with Crippen LogP contribution in [-0.2, 0) is 13.1 Å². The first-order valence-corrected chi connectivity index (χ1v) is 20.3. The van der Waals surface area contributed by atoms with Crippen LogP contribution in [0.2, 0.25) is 0 Å². The van der Waals surface area contributed by atoms with Gasteiger partial charge in [-0.15, -0.1) is 9.83 Å². The molecule has 2 aromatic heterocycles. The molecule has 0 atom stereocenters. The molecule has 1 aliphatic heterocycles. The van der Waals surface area contributed by atoms with Crippen LogP contribution in [0.4, 0.5) is 5.69 Å². The van der Waals surface area contributed by atoms with Gasteiger partial charge in [-0.05, 0) is 97.8 Å². The van der Waals surface area contributed by atoms with E-state index in [0.717, 1.165) is 79.9 Å². The van der Waals surface area contributed by atoms with Gasteiger partial charge in [0.05, 0.1) is 24.7 Å². The van der Waals surface area contributed by atoms with Crippen LogP contribution in [0.25, 0.3) is 33.4 Å². The second-order valence-corrected chi connectivity index (χ2v) is 14.8. The maximum Gasteiger partial charge on any atom is 0.363 e. The molecule has 14 heteroatoms. The van der Waals surface area contributed by atoms with E-state index in [1.54, 1.807) is 40.9 Å². The number of fused-ring (bicyclic) bond motifs is 2. The first-order valence-electron chi connectivity index (χ1n) is 19.2. The quantitative estimate of drug-likeness (QED) is 0.0722. The first-order chi connectivity index (χ1) is 28.0. The highest BCUT2D eigenvalue weighted by Crippen LogP contribution is 2.42. The number of rotatable bonds is 13. The fourth-order valence-corrected chi connectivity index (χ4v) is 7.75. The van der Waals surface area contributed by atoms with Gasteiger partial charge in [0, 0.05) is 72.2 Å². The zero-order valence-electron chi connectivity index (χ0n) is 33.0. The van der Waals surface area contributed by atoms with Gasteiger partial charge in [0.15, 0.2) is 0 Å². The van der Waals surface area contributed by atoms with Crippen molar-refractivity contribution in [3.8, 4) is 34.2 Å². The Morgan fingerprint density at radius 1 is 0.862 bits per heavy atom. The van der Waals surface area contributed by atoms with E-state index < -0.39 is 17.7 Å². The number of hydrogen-bond donors (Lipinski definition) is 2. The summed E-state index contributed by atoms with van der Waals surface area (Å²) in [6, 6.07) is 29.5. The molecule has 2 N–H and O–H groups in total. The van der Waals surface area contributed by atoms with Gasteiger partial charge in [0.25, 0.3) is 5.91 Å². The first kappa shape index (κ1) is 40.1. The van der Waals surface area contributed by atoms with Crippen molar-refractivity contribution in [3.05, 3.63) is 129 Å². The van der Waals surface area contributed by atoms with Gasteiger partial charge >= 0.3 is 5.97 Å². The van der Waals surface area contributed by atoms with Gasteiger partial charge in [-0.25, -0.2) is 14.1 Å². The molecule has 0 saturated carbocycles. The zero-order chi connectivity index (χ0) is 41.1. The van der Waals surface area contributed by atoms with Gasteiger partial charge in [0.1, 0.15) is 33.8 Å². The maximum absolute atomic E-state index is 14.5. The van der Waals surface area contributed by atoms with Crippen molar-refractivity contribution in [1.29, 1.82) is 0 Å². The van der Waals surface area contributed by atoms with Crippen molar-refractivity contribution in [2.75, 3.05) is 38.1 Å². The molecule has 1 amide bonds. The molecule has 0 spiro atoms. The minimum absolute atomic E-state index is 0.161. The molecule has 13 nitrogen and oxygen atoms in total. The Morgan fingerprint density at radius 3 is 2.26 bits per heavy atom. The monoisotopic (exact) mass is 894 g/mol. The van der Waals surface area contributed by atoms with Crippen LogP contribution in [0.15, 0.2) is 101 Å². The van der Waals surface area contributed by atoms with Gasteiger partial charge in [-0.1, -0.05) is 35.5 Å². The fourth-order valence-electron chi connectivity index (χ4n) is 7.20. The van der Waals surface area contributed by atoms with Crippen molar-refractivity contribution >= 4 is 51.1 Å². The largest absolute Gasteiger partial charge is 0.492 e. The molecule has 1 aliphatic carbocycles. The van der Waals surface area contributed by atoms with Gasteiger partial charge in [-0.2, -0.15) is 0 Å². The Kier molecular flexibility index (Phi) is 11.8. The molecule has 298 valence electrons. The number of halogens is 1. The lowest BCUT2D eigenvalue weighted by Gasteiger charge is -2.23. The van der Waals surface area contributed by atoms with E-state index in [4.69, 9.17) is 9.25 Å². The predicted molar refractivity (Wildman–Crippen MR) is 231 cm³/mol. The minimum atomic E-state index is -0.752. The Balaban J connectivity index is 1.17. The summed E-state index contributed by atoms with van der Waals surface area (Å²) in [5, 5.41) is 30.4. The molecule has 3 heterocycles. The van der Waals surface area contributed by atoms with Crippen LogP contribution >= 0.6 is 22.6 Å². The molecular formula is C44H45IN7O6+. The van der Waals surface area contributed by atoms with Crippen LogP contribution < -0.4 is 19.7 Å². The number of hydrogen-bond acceptors (Lipinski definition) is 9. The molecule has 58 heavy (non-hydrogen) atoms. The molecule has 0 unspecified atom stereocenters. The highest BCUT2D eigenvalue weighted by atomic mass is 127. The molecule has 2 aliphatic rings. The minimum Gasteiger partial charge on any atom is -0.492 e. The maximum atomic E-state index is 14.5. The normalized spacial score (nSPS) is 11.3. The summed E-state index contributed by atoms with van der Waals surface area (Å²) in [6.07, 6.45) is 0. The Bertz CT molecular complexity index is 2630. The number of benzene rings is 4. The third-order valence-electron chi connectivity index (χ3n) is 10.3. The second-order valence-electron chi connectivity index (χ2n) is 13.8. The summed E-state index contributed by atoms with van der Waals surface area (Å²) in [7, 11) is 1.77. The molecule has 5 aromatic rings. The summed E-state index contributed by atoms with van der Waals surface area (Å²) in [5.41, 5.74) is 6.76. The van der Waals surface area contributed by atoms with Crippen molar-refractivity contribution < 1.29 is 29.1 Å². The zero-order valence-corrected chi connectivity index (χ0v) is 35.2. The molecule has 0 bridgehead atoms. The van der Waals surface area contributed by atoms with E-state index in [1.807, 2.05) is 24.3 Å². The van der Waals surface area contributed by atoms with Crippen LogP contribution in [-0.4, -0.2) is 79.9 Å². The lowest BCUT2D eigenvalue weighted by molar-refractivity contribution is 0.0381. The van der Waals surface area contributed by atoms with Gasteiger partial charge in [-0.3, -0.25) is 4.79 Å². The highest BCUT2D eigenvalue weighted by molar-refractivity contribution is 14.1. The Hall–Kier alpha value is -6.16. The molecule has 0 fully saturated rings. The summed E-state index contributed by atoms with van der Waals surface area (Å²) >= 11 is 2.19. The summed E-state index contributed by atoms with van der Waals surface area (Å²) in [4.78, 5) is 36.1. The second kappa shape index (κ2) is 17.1. The third kappa shape index (κ3) is 7.88. The van der Waals surface area contributed by atoms with E-state index in [9.17, 15) is 19.8 Å². The van der Waals surface area contributed by atoms with E-state index >= 15 is 0 Å².